The third-order valence-corrected chi connectivity index (χ3v) is 6.70. The van der Waals surface area contributed by atoms with E-state index in [2.05, 4.69) is 45.0 Å². The van der Waals surface area contributed by atoms with Crippen LogP contribution in [-0.2, 0) is 12.8 Å². The summed E-state index contributed by atoms with van der Waals surface area (Å²) in [6.45, 7) is 6.80. The molecule has 2 nitrogen and oxygen atoms in total. The second kappa shape index (κ2) is 17.1. The highest BCUT2D eigenvalue weighted by molar-refractivity contribution is 5.23. The number of unbranched alkanes of at least 4 members (excludes halogenated alkanes) is 12. The number of hydrogen-bond acceptors (Lipinski definition) is 2. The van der Waals surface area contributed by atoms with E-state index >= 15 is 0 Å². The molecule has 0 atom stereocenters. The standard InChI is InChI=1S/C30H50O2/c1-4-7-10-11-12-13-14-15-18-21-28(29-24-22-26(31-29)19-16-8-5-2)30-25-23-27(32-30)20-17-9-6-3/h22-25,28H,4-21H2,1-3H3. The van der Waals surface area contributed by atoms with Gasteiger partial charge in [-0.15, -0.1) is 0 Å². The Morgan fingerprint density at radius 2 is 0.906 bits per heavy atom. The average molecular weight is 443 g/mol. The van der Waals surface area contributed by atoms with Gasteiger partial charge < -0.3 is 8.83 Å². The lowest BCUT2D eigenvalue weighted by Crippen LogP contribution is -1.99. The largest absolute Gasteiger partial charge is 0.465 e. The van der Waals surface area contributed by atoms with E-state index in [1.165, 1.54) is 96.3 Å². The molecule has 0 fully saturated rings. The minimum Gasteiger partial charge on any atom is -0.465 e. The molecule has 0 spiro atoms. The van der Waals surface area contributed by atoms with Gasteiger partial charge in [0.15, 0.2) is 0 Å². The summed E-state index contributed by atoms with van der Waals surface area (Å²) in [7, 11) is 0. The van der Waals surface area contributed by atoms with E-state index in [1.54, 1.807) is 0 Å². The molecule has 0 aliphatic heterocycles. The molecule has 0 radical (unpaired) electrons. The lowest BCUT2D eigenvalue weighted by atomic mass is 9.95. The Balaban J connectivity index is 1.89. The Morgan fingerprint density at radius 1 is 0.500 bits per heavy atom. The van der Waals surface area contributed by atoms with Crippen molar-refractivity contribution in [2.75, 3.05) is 0 Å². The van der Waals surface area contributed by atoms with Crippen LogP contribution in [0, 0.1) is 0 Å². The molecule has 182 valence electrons. The third-order valence-electron chi connectivity index (χ3n) is 6.70. The maximum atomic E-state index is 6.33. The highest BCUT2D eigenvalue weighted by Gasteiger charge is 2.21. The molecule has 0 amide bonds. The molecule has 2 aromatic rings. The first-order valence-corrected chi connectivity index (χ1v) is 14.0. The van der Waals surface area contributed by atoms with E-state index in [-0.39, 0.29) is 5.92 Å². The molecule has 2 heteroatoms. The molecular formula is C30H50O2. The first kappa shape index (κ1) is 26.8. The van der Waals surface area contributed by atoms with Crippen molar-refractivity contribution >= 4 is 0 Å². The summed E-state index contributed by atoms with van der Waals surface area (Å²) in [5.41, 5.74) is 0. The van der Waals surface area contributed by atoms with Crippen LogP contribution < -0.4 is 0 Å². The number of hydrogen-bond donors (Lipinski definition) is 0. The third kappa shape index (κ3) is 10.5. The van der Waals surface area contributed by atoms with Crippen LogP contribution in [-0.4, -0.2) is 0 Å². The zero-order valence-electron chi connectivity index (χ0n) is 21.4. The molecule has 0 aliphatic rings. The fraction of sp³-hybridized carbons (Fsp3) is 0.733. The molecule has 0 aromatic carbocycles. The van der Waals surface area contributed by atoms with Gasteiger partial charge in [0, 0.05) is 12.8 Å². The van der Waals surface area contributed by atoms with Crippen molar-refractivity contribution in [3.63, 3.8) is 0 Å². The summed E-state index contributed by atoms with van der Waals surface area (Å²) in [5.74, 6) is 4.75. The van der Waals surface area contributed by atoms with Gasteiger partial charge in [-0.05, 0) is 43.5 Å². The molecular weight excluding hydrogens is 392 g/mol. The van der Waals surface area contributed by atoms with Gasteiger partial charge in [0.05, 0.1) is 5.92 Å². The van der Waals surface area contributed by atoms with Crippen LogP contribution in [0.1, 0.15) is 152 Å². The molecule has 0 saturated heterocycles. The Kier molecular flexibility index (Phi) is 14.3. The predicted molar refractivity (Wildman–Crippen MR) is 138 cm³/mol. The first-order valence-electron chi connectivity index (χ1n) is 14.0. The summed E-state index contributed by atoms with van der Waals surface area (Å²) < 4.78 is 12.7. The zero-order valence-corrected chi connectivity index (χ0v) is 21.4. The quantitative estimate of drug-likeness (QED) is 0.191. The monoisotopic (exact) mass is 442 g/mol. The highest BCUT2D eigenvalue weighted by atomic mass is 16.4. The molecule has 2 aromatic heterocycles. The van der Waals surface area contributed by atoms with Crippen molar-refractivity contribution in [3.8, 4) is 0 Å². The van der Waals surface area contributed by atoms with Crippen LogP contribution >= 0.6 is 0 Å². The van der Waals surface area contributed by atoms with Crippen molar-refractivity contribution in [3.05, 3.63) is 47.3 Å². The SMILES string of the molecule is CCCCCCCCCCCC(c1ccc(CCCCC)o1)c1ccc(CCCCC)o1. The maximum absolute atomic E-state index is 6.33. The fourth-order valence-corrected chi connectivity index (χ4v) is 4.61. The van der Waals surface area contributed by atoms with Gasteiger partial charge in [0.2, 0.25) is 0 Å². The number of furan rings is 2. The molecule has 2 rings (SSSR count). The zero-order chi connectivity index (χ0) is 22.9. The van der Waals surface area contributed by atoms with E-state index in [4.69, 9.17) is 8.83 Å². The number of rotatable bonds is 20. The molecule has 2 heterocycles. The Morgan fingerprint density at radius 3 is 1.38 bits per heavy atom. The topological polar surface area (TPSA) is 26.3 Å². The molecule has 0 N–H and O–H groups in total. The van der Waals surface area contributed by atoms with Crippen LogP contribution in [0.4, 0.5) is 0 Å². The summed E-state index contributed by atoms with van der Waals surface area (Å²) in [4.78, 5) is 0. The van der Waals surface area contributed by atoms with Crippen molar-refractivity contribution in [2.24, 2.45) is 0 Å². The van der Waals surface area contributed by atoms with Gasteiger partial charge >= 0.3 is 0 Å². The molecule has 0 aliphatic carbocycles. The summed E-state index contributed by atoms with van der Waals surface area (Å²) in [6.07, 6.45) is 23.0. The van der Waals surface area contributed by atoms with Gasteiger partial charge in [-0.25, -0.2) is 0 Å². The maximum Gasteiger partial charge on any atom is 0.114 e. The van der Waals surface area contributed by atoms with E-state index < -0.39 is 0 Å². The average Bonchev–Trinajstić information content (AvgIpc) is 3.46. The van der Waals surface area contributed by atoms with E-state index in [1.807, 2.05) is 0 Å². The molecule has 0 bridgehead atoms. The minimum absolute atomic E-state index is 0.263. The number of aryl methyl sites for hydroxylation is 2. The summed E-state index contributed by atoms with van der Waals surface area (Å²) >= 11 is 0. The fourth-order valence-electron chi connectivity index (χ4n) is 4.61. The molecule has 32 heavy (non-hydrogen) atoms. The Labute approximate surface area is 198 Å². The summed E-state index contributed by atoms with van der Waals surface area (Å²) in [6, 6.07) is 8.80. The van der Waals surface area contributed by atoms with Crippen LogP contribution in [0.25, 0.3) is 0 Å². The van der Waals surface area contributed by atoms with E-state index in [0.29, 0.717) is 0 Å². The lowest BCUT2D eigenvalue weighted by Gasteiger charge is -2.13. The Bertz CT molecular complexity index is 632. The van der Waals surface area contributed by atoms with Crippen molar-refractivity contribution in [1.82, 2.24) is 0 Å². The first-order chi connectivity index (χ1) is 15.8. The van der Waals surface area contributed by atoms with Crippen molar-refractivity contribution in [1.29, 1.82) is 0 Å². The van der Waals surface area contributed by atoms with Crippen LogP contribution in [0.3, 0.4) is 0 Å². The van der Waals surface area contributed by atoms with Gasteiger partial charge in [-0.3, -0.25) is 0 Å². The van der Waals surface area contributed by atoms with Crippen LogP contribution in [0.5, 0.6) is 0 Å². The van der Waals surface area contributed by atoms with E-state index in [9.17, 15) is 0 Å². The van der Waals surface area contributed by atoms with Gasteiger partial charge in [-0.2, -0.15) is 0 Å². The second-order valence-corrected chi connectivity index (χ2v) is 9.69. The van der Waals surface area contributed by atoms with Crippen molar-refractivity contribution in [2.45, 2.75) is 142 Å². The van der Waals surface area contributed by atoms with E-state index in [0.717, 1.165) is 42.3 Å². The normalized spacial score (nSPS) is 11.6. The smallest absolute Gasteiger partial charge is 0.114 e. The van der Waals surface area contributed by atoms with Crippen LogP contribution in [0.15, 0.2) is 33.1 Å². The Hall–Kier alpha value is -1.44. The minimum atomic E-state index is 0.263. The van der Waals surface area contributed by atoms with Gasteiger partial charge in [0.25, 0.3) is 0 Å². The highest BCUT2D eigenvalue weighted by Crippen LogP contribution is 2.33. The predicted octanol–water partition coefficient (Wildman–Crippen LogP) is 10.4. The van der Waals surface area contributed by atoms with Gasteiger partial charge in [-0.1, -0.05) is 104 Å². The second-order valence-electron chi connectivity index (χ2n) is 9.69. The van der Waals surface area contributed by atoms with Crippen molar-refractivity contribution < 1.29 is 8.83 Å². The molecule has 0 saturated carbocycles. The van der Waals surface area contributed by atoms with Gasteiger partial charge in [0.1, 0.15) is 23.0 Å². The molecule has 0 unspecified atom stereocenters. The lowest BCUT2D eigenvalue weighted by molar-refractivity contribution is 0.376. The summed E-state index contributed by atoms with van der Waals surface area (Å²) in [5, 5.41) is 0. The van der Waals surface area contributed by atoms with Crippen LogP contribution in [0.2, 0.25) is 0 Å².